The van der Waals surface area contributed by atoms with E-state index in [1.54, 1.807) is 52.0 Å². The first-order valence-electron chi connectivity index (χ1n) is 8.28. The number of ketones is 1. The first-order chi connectivity index (χ1) is 11.6. The minimum atomic E-state index is -0.980. The first-order valence-corrected chi connectivity index (χ1v) is 8.28. The average molecular weight is 350 g/mol. The summed E-state index contributed by atoms with van der Waals surface area (Å²) in [6.07, 6.45) is 0.636. The molecular weight excluding hydrogens is 324 g/mol. The van der Waals surface area contributed by atoms with E-state index in [1.165, 1.54) is 0 Å². The molecule has 1 aromatic carbocycles. The zero-order valence-corrected chi connectivity index (χ0v) is 15.2. The molecule has 6 nitrogen and oxygen atoms in total. The molecule has 0 aromatic heterocycles. The first kappa shape index (κ1) is 20.7. The summed E-state index contributed by atoms with van der Waals surface area (Å²) in [7, 11) is 0. The summed E-state index contributed by atoms with van der Waals surface area (Å²) in [6.45, 7) is 6.86. The van der Waals surface area contributed by atoms with Gasteiger partial charge in [0.25, 0.3) is 0 Å². The Balaban J connectivity index is 2.59. The number of carboxylic acid groups (broad SMARTS) is 1. The molecule has 1 aromatic rings. The number of hydrogen-bond donors (Lipinski definition) is 1. The fourth-order valence-corrected chi connectivity index (χ4v) is 2.19. The van der Waals surface area contributed by atoms with Crippen molar-refractivity contribution in [3.63, 3.8) is 0 Å². The summed E-state index contributed by atoms with van der Waals surface area (Å²) in [5.74, 6) is -1.75. The van der Waals surface area contributed by atoms with Gasteiger partial charge in [0.15, 0.2) is 6.61 Å². The van der Waals surface area contributed by atoms with Crippen molar-refractivity contribution in [1.82, 2.24) is 0 Å². The number of hydrogen-bond acceptors (Lipinski definition) is 5. The van der Waals surface area contributed by atoms with Gasteiger partial charge in [0.05, 0.1) is 5.92 Å². The highest BCUT2D eigenvalue weighted by Crippen LogP contribution is 2.18. The topological polar surface area (TPSA) is 89.9 Å². The van der Waals surface area contributed by atoms with Gasteiger partial charge in [-0.25, -0.2) is 4.79 Å². The lowest BCUT2D eigenvalue weighted by molar-refractivity contribution is -0.157. The van der Waals surface area contributed by atoms with Gasteiger partial charge in [-0.3, -0.25) is 9.59 Å². The van der Waals surface area contributed by atoms with E-state index in [0.29, 0.717) is 12.2 Å². The molecule has 0 saturated carbocycles. The summed E-state index contributed by atoms with van der Waals surface area (Å²) in [4.78, 5) is 34.4. The zero-order valence-electron chi connectivity index (χ0n) is 15.2. The Morgan fingerprint density at radius 1 is 1.12 bits per heavy atom. The van der Waals surface area contributed by atoms with Gasteiger partial charge in [-0.2, -0.15) is 0 Å². The molecule has 1 rings (SSSR count). The second-order valence-electron chi connectivity index (χ2n) is 6.85. The van der Waals surface area contributed by atoms with Crippen LogP contribution in [-0.4, -0.2) is 35.0 Å². The maximum absolute atomic E-state index is 11.6. The van der Waals surface area contributed by atoms with Crippen molar-refractivity contribution in [1.29, 1.82) is 0 Å². The lowest BCUT2D eigenvalue weighted by atomic mass is 9.94. The Morgan fingerprint density at radius 3 is 2.20 bits per heavy atom. The van der Waals surface area contributed by atoms with Crippen LogP contribution in [0.4, 0.5) is 0 Å². The molecule has 6 heteroatoms. The largest absolute Gasteiger partial charge is 0.482 e. The fourth-order valence-electron chi connectivity index (χ4n) is 2.19. The fraction of sp³-hybridized carbons (Fsp3) is 0.526. The van der Waals surface area contributed by atoms with Gasteiger partial charge in [-0.05, 0) is 44.9 Å². The molecule has 0 bridgehead atoms. The third-order valence-corrected chi connectivity index (χ3v) is 3.40. The maximum Gasteiger partial charge on any atom is 0.344 e. The number of esters is 1. The number of Topliss-reactive ketones (excluding diaryl/α,β-unsaturated/α-hetero) is 1. The van der Waals surface area contributed by atoms with E-state index in [4.69, 9.17) is 9.47 Å². The van der Waals surface area contributed by atoms with Crippen LogP contribution in [-0.2, 0) is 25.5 Å². The maximum atomic E-state index is 11.6. The Labute approximate surface area is 148 Å². The van der Waals surface area contributed by atoms with Crippen LogP contribution < -0.4 is 4.74 Å². The molecule has 0 aliphatic carbocycles. The van der Waals surface area contributed by atoms with Gasteiger partial charge in [0.2, 0.25) is 0 Å². The van der Waals surface area contributed by atoms with Crippen LogP contribution in [0.25, 0.3) is 0 Å². The molecule has 0 aliphatic rings. The van der Waals surface area contributed by atoms with E-state index in [1.807, 2.05) is 0 Å². The molecule has 0 spiro atoms. The predicted octanol–water partition coefficient (Wildman–Crippen LogP) is 3.02. The van der Waals surface area contributed by atoms with Crippen molar-refractivity contribution in [2.75, 3.05) is 6.61 Å². The number of benzene rings is 1. The average Bonchev–Trinajstić information content (AvgIpc) is 2.51. The van der Waals surface area contributed by atoms with E-state index >= 15 is 0 Å². The third-order valence-electron chi connectivity index (χ3n) is 3.40. The smallest absolute Gasteiger partial charge is 0.344 e. The van der Waals surface area contributed by atoms with E-state index < -0.39 is 23.5 Å². The van der Waals surface area contributed by atoms with Gasteiger partial charge in [0, 0.05) is 12.8 Å². The molecule has 0 fully saturated rings. The highest BCUT2D eigenvalue weighted by atomic mass is 16.6. The SMILES string of the molecule is CCC(=O)C[C@@H](Cc1ccc(OCC(=O)OC(C)(C)C)cc1)C(=O)O. The van der Waals surface area contributed by atoms with E-state index in [9.17, 15) is 19.5 Å². The monoisotopic (exact) mass is 350 g/mol. The van der Waals surface area contributed by atoms with Crippen LogP contribution >= 0.6 is 0 Å². The van der Waals surface area contributed by atoms with Crippen LogP contribution in [0, 0.1) is 5.92 Å². The number of aliphatic carboxylic acids is 1. The van der Waals surface area contributed by atoms with Gasteiger partial charge >= 0.3 is 11.9 Å². The lowest BCUT2D eigenvalue weighted by Crippen LogP contribution is -2.27. The van der Waals surface area contributed by atoms with Gasteiger partial charge in [0.1, 0.15) is 17.1 Å². The summed E-state index contributed by atoms with van der Waals surface area (Å²) < 4.78 is 10.5. The number of carboxylic acids is 1. The summed E-state index contributed by atoms with van der Waals surface area (Å²) in [5.41, 5.74) is 0.229. The minimum absolute atomic E-state index is 0.0305. The van der Waals surface area contributed by atoms with Crippen LogP contribution in [0.15, 0.2) is 24.3 Å². The summed E-state index contributed by atoms with van der Waals surface area (Å²) in [5, 5.41) is 9.24. The van der Waals surface area contributed by atoms with Gasteiger partial charge in [-0.1, -0.05) is 19.1 Å². The van der Waals surface area contributed by atoms with Crippen molar-refractivity contribution in [2.45, 2.75) is 52.6 Å². The predicted molar refractivity (Wildman–Crippen MR) is 92.5 cm³/mol. The molecule has 0 radical (unpaired) electrons. The molecule has 1 N–H and O–H groups in total. The Hall–Kier alpha value is -2.37. The Kier molecular flexibility index (Phi) is 7.61. The zero-order chi connectivity index (χ0) is 19.0. The highest BCUT2D eigenvalue weighted by Gasteiger charge is 2.21. The minimum Gasteiger partial charge on any atom is -0.482 e. The number of carbonyl (C=O) groups excluding carboxylic acids is 2. The third kappa shape index (κ3) is 8.33. The standard InChI is InChI=1S/C19H26O6/c1-5-15(20)11-14(18(22)23)10-13-6-8-16(9-7-13)24-12-17(21)25-19(2,3)4/h6-9,14H,5,10-12H2,1-4H3,(H,22,23)/t14-/m1/s1. The van der Waals surface area contributed by atoms with Crippen molar-refractivity contribution in [2.24, 2.45) is 5.92 Å². The van der Waals surface area contributed by atoms with Crippen molar-refractivity contribution in [3.8, 4) is 5.75 Å². The molecule has 138 valence electrons. The molecular formula is C19H26O6. The van der Waals surface area contributed by atoms with Crippen molar-refractivity contribution < 1.29 is 29.0 Å². The summed E-state index contributed by atoms with van der Waals surface area (Å²) in [6, 6.07) is 6.80. The van der Waals surface area contributed by atoms with Gasteiger partial charge in [-0.15, -0.1) is 0 Å². The highest BCUT2D eigenvalue weighted by molar-refractivity contribution is 5.83. The molecule has 0 unspecified atom stereocenters. The molecule has 1 atom stereocenters. The molecule has 0 aliphatic heterocycles. The van der Waals surface area contributed by atoms with Crippen LogP contribution in [0.2, 0.25) is 0 Å². The van der Waals surface area contributed by atoms with E-state index in [2.05, 4.69) is 0 Å². The summed E-state index contributed by atoms with van der Waals surface area (Å²) >= 11 is 0. The second-order valence-corrected chi connectivity index (χ2v) is 6.85. The molecule has 0 amide bonds. The van der Waals surface area contributed by atoms with E-state index in [0.717, 1.165) is 5.56 Å². The van der Waals surface area contributed by atoms with Crippen LogP contribution in [0.1, 0.15) is 46.1 Å². The lowest BCUT2D eigenvalue weighted by Gasteiger charge is -2.19. The molecule has 0 saturated heterocycles. The van der Waals surface area contributed by atoms with Gasteiger partial charge < -0.3 is 14.6 Å². The molecule has 25 heavy (non-hydrogen) atoms. The van der Waals surface area contributed by atoms with Crippen molar-refractivity contribution in [3.05, 3.63) is 29.8 Å². The Morgan fingerprint density at radius 2 is 1.72 bits per heavy atom. The second kappa shape index (κ2) is 9.20. The van der Waals surface area contributed by atoms with Crippen LogP contribution in [0.3, 0.4) is 0 Å². The van der Waals surface area contributed by atoms with E-state index in [-0.39, 0.29) is 25.2 Å². The quantitative estimate of drug-likeness (QED) is 0.689. The molecule has 0 heterocycles. The number of carbonyl (C=O) groups is 3. The van der Waals surface area contributed by atoms with Crippen molar-refractivity contribution >= 4 is 17.7 Å². The Bertz CT molecular complexity index is 597. The number of rotatable bonds is 9. The normalized spacial score (nSPS) is 12.3. The van der Waals surface area contributed by atoms with Crippen LogP contribution in [0.5, 0.6) is 5.75 Å². The number of ether oxygens (including phenoxy) is 2.